The minimum Gasteiger partial charge on any atom is -0.446 e. The van der Waals surface area contributed by atoms with Gasteiger partial charge in [-0.3, -0.25) is 46.8 Å². The lowest BCUT2D eigenvalue weighted by Gasteiger charge is -2.23. The van der Waals surface area contributed by atoms with Crippen LogP contribution >= 0.6 is 15.6 Å². The number of hydrogen-bond donors (Lipinski definition) is 6. The molecule has 0 bridgehead atoms. The smallest absolute Gasteiger partial charge is 0.446 e. The highest BCUT2D eigenvalue weighted by atomic mass is 31.2. The lowest BCUT2D eigenvalue weighted by Crippen LogP contribution is -2.33. The maximum absolute atomic E-state index is 13.2. The van der Waals surface area contributed by atoms with Crippen molar-refractivity contribution >= 4 is 21.7 Å². The van der Waals surface area contributed by atoms with Crippen LogP contribution in [0.1, 0.15) is 94.2 Å². The first kappa shape index (κ1) is 46.5. The number of allylic oxidation sites excluding steroid dienone is 2. The number of nitrogens with one attached hydrogen (secondary N) is 3. The fraction of sp³-hybridized carbons (Fsp3) is 0.686. The number of phosphoric ester groups is 2. The highest BCUT2D eigenvalue weighted by Crippen LogP contribution is 2.50. The number of ether oxygens (including phenoxy) is 3. The Morgan fingerprint density at radius 3 is 2.10 bits per heavy atom. The Hall–Kier alpha value is -3.53. The Kier molecular flexibility index (Phi) is 16.8. The molecule has 22 nitrogen and oxygen atoms in total. The molecule has 1 aliphatic carbocycles. The average molecular weight is 878 g/mol. The third-order valence-corrected chi connectivity index (χ3v) is 12.0. The van der Waals surface area contributed by atoms with Crippen molar-refractivity contribution in [1.82, 2.24) is 24.4 Å². The van der Waals surface area contributed by atoms with Gasteiger partial charge < -0.3 is 34.4 Å². The molecule has 3 aliphatic rings. The predicted molar refractivity (Wildman–Crippen MR) is 207 cm³/mol. The minimum absolute atomic E-state index is 0.104. The summed E-state index contributed by atoms with van der Waals surface area (Å²) < 4.78 is 65.9. The van der Waals surface area contributed by atoms with Gasteiger partial charge >= 0.3 is 33.1 Å². The number of aryl methyl sites for hydroxylation is 2. The van der Waals surface area contributed by atoms with Gasteiger partial charge in [-0.15, -0.1) is 0 Å². The molecule has 330 valence electrons. The van der Waals surface area contributed by atoms with E-state index in [-0.39, 0.29) is 36.7 Å². The molecule has 2 saturated heterocycles. The zero-order valence-electron chi connectivity index (χ0n) is 32.8. The van der Waals surface area contributed by atoms with Crippen molar-refractivity contribution < 1.29 is 61.1 Å². The van der Waals surface area contributed by atoms with Crippen molar-refractivity contribution in [3.05, 3.63) is 77.3 Å². The quantitative estimate of drug-likeness (QED) is 0.0671. The standard InChI is InChI=1S/C35H53N5O17P2/c1-22-18-39(33(44)37-31(22)42)29-16-25(41)27(55-29)20-53-59(49,50)57-26-17-30(40-19-23(2)32(43)38-34(40)45)56-28(26)21-52-58(47,48)51-15-11-7-6-10-14-36-35(46)54-24-12-8-4-3-5-9-13-24/h3-4,18-19,24-30,41H,5-17,20-21H2,1-2H3,(H,36,46)(H,47,48)(H,49,50)(H,37,42,44)(H,38,43,45)/b4-3+/t24?,25-,26-,27-,28-,29-,30-/m1/s1. The fourth-order valence-electron chi connectivity index (χ4n) is 6.73. The van der Waals surface area contributed by atoms with Gasteiger partial charge in [0.25, 0.3) is 11.1 Å². The molecule has 0 saturated carbocycles. The van der Waals surface area contributed by atoms with E-state index in [2.05, 4.69) is 27.4 Å². The Balaban J connectivity index is 1.09. The molecular weight excluding hydrogens is 824 g/mol. The Bertz CT molecular complexity index is 2100. The monoisotopic (exact) mass is 877 g/mol. The number of carbonyl (C=O) groups is 1. The van der Waals surface area contributed by atoms with Crippen LogP contribution < -0.4 is 27.8 Å². The SMILES string of the molecule is Cc1cn([C@H]2C[C@@H](O)[C@@H](COP(=O)(O)O[C@@H]3C[C@H](n4cc(C)c(=O)[nH]c4=O)O[C@@H]3COP(=O)(O)OCCCCCCNC(=O)OC3CC/C=C/CCC3)O2)c(=O)[nH]c1=O. The lowest BCUT2D eigenvalue weighted by atomic mass is 10.0. The topological polar surface area (TPSA) is 298 Å². The third kappa shape index (κ3) is 14.0. The highest BCUT2D eigenvalue weighted by Gasteiger charge is 2.44. The summed E-state index contributed by atoms with van der Waals surface area (Å²) >= 11 is 0. The second kappa shape index (κ2) is 21.3. The van der Waals surface area contributed by atoms with Crippen LogP contribution in [0.5, 0.6) is 0 Å². The second-order valence-electron chi connectivity index (χ2n) is 14.6. The van der Waals surface area contributed by atoms with Gasteiger partial charge in [0, 0.05) is 42.9 Å². The van der Waals surface area contributed by atoms with E-state index >= 15 is 0 Å². The summed E-state index contributed by atoms with van der Waals surface area (Å²) in [5.41, 5.74) is -2.51. The molecule has 9 atom stereocenters. The molecule has 2 aliphatic heterocycles. The number of aromatic nitrogens is 4. The van der Waals surface area contributed by atoms with Gasteiger partial charge in [-0.2, -0.15) is 0 Å². The molecule has 5 rings (SSSR count). The maximum atomic E-state index is 13.2. The number of aliphatic hydroxyl groups is 1. The van der Waals surface area contributed by atoms with E-state index in [1.165, 1.54) is 26.2 Å². The molecule has 24 heteroatoms. The van der Waals surface area contributed by atoms with Gasteiger partial charge in [0.15, 0.2) is 0 Å². The number of alkyl carbamates (subject to hydrolysis) is 1. The van der Waals surface area contributed by atoms with Crippen LogP contribution in [-0.4, -0.2) is 97.0 Å². The number of carbonyl (C=O) groups excluding carboxylic acids is 1. The Morgan fingerprint density at radius 1 is 0.814 bits per heavy atom. The molecule has 0 spiro atoms. The van der Waals surface area contributed by atoms with Crippen LogP contribution in [0.4, 0.5) is 4.79 Å². The summed E-state index contributed by atoms with van der Waals surface area (Å²) in [4.78, 5) is 86.2. The number of H-pyrrole nitrogens is 2. The maximum Gasteiger partial charge on any atom is 0.472 e. The number of amides is 1. The lowest BCUT2D eigenvalue weighted by molar-refractivity contribution is -0.0576. The van der Waals surface area contributed by atoms with Crippen molar-refractivity contribution in [3.8, 4) is 0 Å². The molecule has 2 fully saturated rings. The molecule has 0 radical (unpaired) electrons. The number of phosphoric acid groups is 2. The van der Waals surface area contributed by atoms with Gasteiger partial charge in [-0.25, -0.2) is 23.5 Å². The molecule has 6 N–H and O–H groups in total. The normalized spacial score (nSPS) is 27.3. The summed E-state index contributed by atoms with van der Waals surface area (Å²) in [5, 5.41) is 13.3. The molecule has 0 aromatic carbocycles. The fourth-order valence-corrected chi connectivity index (χ4v) is 8.46. The number of nitrogens with zero attached hydrogens (tertiary/aromatic N) is 2. The van der Waals surface area contributed by atoms with E-state index in [4.69, 9.17) is 32.3 Å². The van der Waals surface area contributed by atoms with Gasteiger partial charge in [0.2, 0.25) is 0 Å². The number of hydrogen-bond acceptors (Lipinski definition) is 15. The van der Waals surface area contributed by atoms with Crippen molar-refractivity contribution in [3.63, 3.8) is 0 Å². The van der Waals surface area contributed by atoms with Crippen LogP contribution in [0.3, 0.4) is 0 Å². The first-order chi connectivity index (χ1) is 28.0. The molecule has 2 aromatic heterocycles. The van der Waals surface area contributed by atoms with Crippen molar-refractivity contribution in [2.45, 2.75) is 127 Å². The molecule has 3 unspecified atom stereocenters. The minimum atomic E-state index is -5.02. The molecule has 1 amide bonds. The van der Waals surface area contributed by atoms with E-state index in [0.717, 1.165) is 41.2 Å². The number of aliphatic hydroxyl groups excluding tert-OH is 1. The van der Waals surface area contributed by atoms with Crippen LogP contribution in [-0.2, 0) is 41.4 Å². The first-order valence-corrected chi connectivity index (χ1v) is 22.5. The van der Waals surface area contributed by atoms with E-state index < -0.39 is 94.3 Å². The summed E-state index contributed by atoms with van der Waals surface area (Å²) in [5.74, 6) is 0. The molecule has 4 heterocycles. The van der Waals surface area contributed by atoms with Crippen molar-refractivity contribution in [1.29, 1.82) is 0 Å². The van der Waals surface area contributed by atoms with Crippen LogP contribution in [0, 0.1) is 13.8 Å². The zero-order valence-corrected chi connectivity index (χ0v) is 34.6. The number of rotatable bonds is 19. The van der Waals surface area contributed by atoms with Crippen molar-refractivity contribution in [2.75, 3.05) is 26.4 Å². The summed E-state index contributed by atoms with van der Waals surface area (Å²) in [6, 6.07) is 0. The van der Waals surface area contributed by atoms with E-state index in [1.54, 1.807) is 0 Å². The van der Waals surface area contributed by atoms with Crippen LogP contribution in [0.25, 0.3) is 0 Å². The average Bonchev–Trinajstić information content (AvgIpc) is 3.73. The molecule has 2 aromatic rings. The van der Waals surface area contributed by atoms with E-state index in [1.807, 2.05) is 0 Å². The number of unbranched alkanes of at least 4 members (excludes halogenated alkanes) is 3. The summed E-state index contributed by atoms with van der Waals surface area (Å²) in [7, 11) is -9.71. The number of aromatic amines is 2. The van der Waals surface area contributed by atoms with Gasteiger partial charge in [-0.1, -0.05) is 25.0 Å². The van der Waals surface area contributed by atoms with E-state index in [0.29, 0.717) is 32.2 Å². The molecular formula is C35H53N5O17P2. The van der Waals surface area contributed by atoms with E-state index in [9.17, 15) is 48.0 Å². The van der Waals surface area contributed by atoms with Gasteiger partial charge in [-0.05, 0) is 58.8 Å². The molecule has 59 heavy (non-hydrogen) atoms. The third-order valence-electron chi connectivity index (χ3n) is 9.96. The Morgan fingerprint density at radius 2 is 1.41 bits per heavy atom. The van der Waals surface area contributed by atoms with Gasteiger partial charge in [0.05, 0.1) is 25.9 Å². The Labute approximate surface area is 338 Å². The van der Waals surface area contributed by atoms with Crippen LogP contribution in [0.15, 0.2) is 43.7 Å². The van der Waals surface area contributed by atoms with Crippen LogP contribution in [0.2, 0.25) is 0 Å². The first-order valence-electron chi connectivity index (χ1n) is 19.5. The largest absolute Gasteiger partial charge is 0.472 e. The summed E-state index contributed by atoms with van der Waals surface area (Å²) in [6.07, 6.45) is 5.16. The van der Waals surface area contributed by atoms with Crippen molar-refractivity contribution in [2.24, 2.45) is 0 Å². The highest BCUT2D eigenvalue weighted by molar-refractivity contribution is 7.47. The summed E-state index contributed by atoms with van der Waals surface area (Å²) in [6.45, 7) is 1.79. The zero-order chi connectivity index (χ0) is 42.7. The predicted octanol–water partition coefficient (Wildman–Crippen LogP) is 2.45. The second-order valence-corrected chi connectivity index (χ2v) is 17.5. The van der Waals surface area contributed by atoms with Gasteiger partial charge in [0.1, 0.15) is 36.9 Å².